The smallest absolute Gasteiger partial charge is 0.339 e. The third-order valence-corrected chi connectivity index (χ3v) is 3.38. The van der Waals surface area contributed by atoms with Gasteiger partial charge in [0.25, 0.3) is 0 Å². The number of aromatic carboxylic acids is 1. The molecule has 0 aliphatic carbocycles. The summed E-state index contributed by atoms with van der Waals surface area (Å²) < 4.78 is 4.37. The zero-order valence-electron chi connectivity index (χ0n) is 9.78. The zero-order chi connectivity index (χ0) is 14.0. The molecule has 0 spiro atoms. The Hall–Kier alpha value is -1.80. The average Bonchev–Trinajstić information content (AvgIpc) is 2.39. The molecule has 0 heterocycles. The van der Waals surface area contributed by atoms with Gasteiger partial charge < -0.3 is 10.2 Å². The van der Waals surface area contributed by atoms with Crippen molar-refractivity contribution in [1.82, 2.24) is 0 Å². The summed E-state index contributed by atoms with van der Waals surface area (Å²) in [4.78, 5) is 11.6. The van der Waals surface area contributed by atoms with Crippen LogP contribution < -0.4 is 0 Å². The Morgan fingerprint density at radius 2 is 2.11 bits per heavy atom. The number of aryl methyl sites for hydroxylation is 1. The minimum atomic E-state index is -1.20. The molecule has 0 aliphatic heterocycles. The van der Waals surface area contributed by atoms with Crippen molar-refractivity contribution in [2.45, 2.75) is 11.8 Å². The quantitative estimate of drug-likeness (QED) is 0.450. The summed E-state index contributed by atoms with van der Waals surface area (Å²) in [7, 11) is 0. The maximum atomic E-state index is 11.0. The molecular weight excluding hydrogens is 272 g/mol. The molecule has 3 N–H and O–H groups in total. The summed E-state index contributed by atoms with van der Waals surface area (Å²) in [6, 6.07) is 6.49. The number of hydrogen-bond donors (Lipinski definition) is 3. The van der Waals surface area contributed by atoms with E-state index in [4.69, 9.17) is 10.4 Å². The number of rotatable bonds is 4. The van der Waals surface area contributed by atoms with Crippen LogP contribution in [0.1, 0.15) is 15.9 Å². The van der Waals surface area contributed by atoms with Gasteiger partial charge in [-0.25, -0.2) is 10.1 Å². The second kappa shape index (κ2) is 5.45. The van der Waals surface area contributed by atoms with Crippen molar-refractivity contribution in [3.8, 4) is 5.75 Å². The van der Waals surface area contributed by atoms with Gasteiger partial charge in [0.15, 0.2) is 0 Å². The molecule has 2 aromatic carbocycles. The Morgan fingerprint density at radius 3 is 2.74 bits per heavy atom. The third-order valence-electron chi connectivity index (χ3n) is 2.73. The molecule has 100 valence electrons. The minimum absolute atomic E-state index is 0.161. The van der Waals surface area contributed by atoms with Crippen LogP contribution in [0.4, 0.5) is 0 Å². The molecule has 0 radical (unpaired) electrons. The molecule has 7 heteroatoms. The topological polar surface area (TPSA) is 96.2 Å². The Labute approximate surface area is 112 Å². The number of phenols is 1. The van der Waals surface area contributed by atoms with Gasteiger partial charge in [0, 0.05) is 15.8 Å². The van der Waals surface area contributed by atoms with Crippen molar-refractivity contribution in [2.75, 3.05) is 0 Å². The second-order valence-corrected chi connectivity index (χ2v) is 4.53. The lowest BCUT2D eigenvalue weighted by atomic mass is 10.0. The van der Waals surface area contributed by atoms with Crippen molar-refractivity contribution < 1.29 is 29.6 Å². The van der Waals surface area contributed by atoms with Crippen LogP contribution >= 0.6 is 12.0 Å². The van der Waals surface area contributed by atoms with E-state index in [0.29, 0.717) is 21.2 Å². The van der Waals surface area contributed by atoms with E-state index in [1.54, 1.807) is 25.1 Å². The molecule has 0 saturated carbocycles. The largest absolute Gasteiger partial charge is 0.507 e. The lowest BCUT2D eigenvalue weighted by Crippen LogP contribution is -1.99. The van der Waals surface area contributed by atoms with E-state index in [-0.39, 0.29) is 11.3 Å². The van der Waals surface area contributed by atoms with Crippen molar-refractivity contribution in [1.29, 1.82) is 0 Å². The van der Waals surface area contributed by atoms with Crippen LogP contribution in [0.5, 0.6) is 5.75 Å². The predicted octanol–water partition coefficient (Wildman–Crippen LogP) is 2.98. The highest BCUT2D eigenvalue weighted by Gasteiger charge is 2.17. The first-order chi connectivity index (χ1) is 9.06. The van der Waals surface area contributed by atoms with Crippen LogP contribution in [0.25, 0.3) is 10.8 Å². The Balaban J connectivity index is 2.70. The number of fused-ring (bicyclic) bond motifs is 1. The number of carbonyl (C=O) groups is 1. The molecule has 19 heavy (non-hydrogen) atoms. The maximum absolute atomic E-state index is 11.0. The summed E-state index contributed by atoms with van der Waals surface area (Å²) in [5, 5.41) is 31.9. The molecule has 0 saturated heterocycles. The summed E-state index contributed by atoms with van der Waals surface area (Å²) in [5.41, 5.74) is 0.256. The third kappa shape index (κ3) is 2.49. The fourth-order valence-electron chi connectivity index (χ4n) is 1.90. The molecule has 0 unspecified atom stereocenters. The highest BCUT2D eigenvalue weighted by atomic mass is 32.2. The van der Waals surface area contributed by atoms with E-state index in [2.05, 4.69) is 9.37 Å². The van der Waals surface area contributed by atoms with Crippen LogP contribution in [-0.2, 0) is 9.37 Å². The van der Waals surface area contributed by atoms with E-state index in [1.165, 1.54) is 6.07 Å². The highest BCUT2D eigenvalue weighted by Crippen LogP contribution is 2.36. The van der Waals surface area contributed by atoms with Crippen molar-refractivity contribution in [3.05, 3.63) is 35.4 Å². The van der Waals surface area contributed by atoms with Gasteiger partial charge in [-0.3, -0.25) is 0 Å². The Morgan fingerprint density at radius 1 is 1.37 bits per heavy atom. The standard InChI is InChI=1S/C12H10O6S/c1-6-10-7(5-8(11(6)13)12(14)15)3-2-4-9(10)19-18-17-16/h2-5,13,16H,1H3,(H,14,15). The molecule has 0 fully saturated rings. The molecular formula is C12H10O6S. The van der Waals surface area contributed by atoms with E-state index in [9.17, 15) is 9.90 Å². The molecule has 0 bridgehead atoms. The number of benzene rings is 2. The molecule has 2 aromatic rings. The average molecular weight is 282 g/mol. The van der Waals surface area contributed by atoms with Crippen molar-refractivity contribution in [3.63, 3.8) is 0 Å². The molecule has 0 amide bonds. The predicted molar refractivity (Wildman–Crippen MR) is 68.0 cm³/mol. The first kappa shape index (κ1) is 13.6. The van der Waals surface area contributed by atoms with Gasteiger partial charge in [0.1, 0.15) is 11.3 Å². The van der Waals surface area contributed by atoms with Gasteiger partial charge in [-0.05, 0) is 24.4 Å². The van der Waals surface area contributed by atoms with Crippen molar-refractivity contribution in [2.24, 2.45) is 0 Å². The molecule has 6 nitrogen and oxygen atoms in total. The molecule has 0 aliphatic rings. The Bertz CT molecular complexity index is 640. The SMILES string of the molecule is Cc1c(O)c(C(=O)O)cc2cccc(SOOO)c12. The Kier molecular flexibility index (Phi) is 3.91. The summed E-state index contributed by atoms with van der Waals surface area (Å²) >= 11 is 0.756. The van der Waals surface area contributed by atoms with Gasteiger partial charge in [-0.1, -0.05) is 17.2 Å². The van der Waals surface area contributed by atoms with Crippen LogP contribution in [0, 0.1) is 6.92 Å². The fraction of sp³-hybridized carbons (Fsp3) is 0.0833. The van der Waals surface area contributed by atoms with Crippen LogP contribution in [0.3, 0.4) is 0 Å². The first-order valence-corrected chi connectivity index (χ1v) is 5.93. The van der Waals surface area contributed by atoms with Gasteiger partial charge in [0.2, 0.25) is 0 Å². The van der Waals surface area contributed by atoms with Gasteiger partial charge in [-0.15, -0.1) is 4.33 Å². The number of carboxylic acids is 1. The van der Waals surface area contributed by atoms with Gasteiger partial charge in [-0.2, -0.15) is 0 Å². The van der Waals surface area contributed by atoms with E-state index < -0.39 is 5.97 Å². The second-order valence-electron chi connectivity index (χ2n) is 3.78. The van der Waals surface area contributed by atoms with E-state index >= 15 is 0 Å². The fourth-order valence-corrected chi connectivity index (χ4v) is 2.49. The molecule has 2 rings (SSSR count). The van der Waals surface area contributed by atoms with Gasteiger partial charge >= 0.3 is 5.97 Å². The van der Waals surface area contributed by atoms with Crippen LogP contribution in [0.15, 0.2) is 29.2 Å². The van der Waals surface area contributed by atoms with Crippen LogP contribution in [0.2, 0.25) is 0 Å². The summed E-state index contributed by atoms with van der Waals surface area (Å²) in [6.07, 6.45) is 0. The molecule has 0 aromatic heterocycles. The summed E-state index contributed by atoms with van der Waals surface area (Å²) in [6.45, 7) is 1.61. The van der Waals surface area contributed by atoms with Crippen LogP contribution in [-0.4, -0.2) is 21.4 Å². The van der Waals surface area contributed by atoms with Crippen molar-refractivity contribution >= 4 is 28.8 Å². The highest BCUT2D eigenvalue weighted by molar-refractivity contribution is 7.94. The summed E-state index contributed by atoms with van der Waals surface area (Å²) in [5.74, 6) is -1.49. The first-order valence-electron chi connectivity index (χ1n) is 5.19. The number of aromatic hydroxyl groups is 1. The van der Waals surface area contributed by atoms with E-state index in [1.807, 2.05) is 0 Å². The van der Waals surface area contributed by atoms with Gasteiger partial charge in [0.05, 0.1) is 12.0 Å². The lowest BCUT2D eigenvalue weighted by molar-refractivity contribution is -0.432. The maximum Gasteiger partial charge on any atom is 0.339 e. The molecule has 0 atom stereocenters. The monoisotopic (exact) mass is 282 g/mol. The number of carboxylic acid groups (broad SMARTS) is 1. The normalized spacial score (nSPS) is 10.8. The zero-order valence-corrected chi connectivity index (χ0v) is 10.6. The lowest BCUT2D eigenvalue weighted by Gasteiger charge is -2.11. The minimum Gasteiger partial charge on any atom is -0.507 e. The van der Waals surface area contributed by atoms with E-state index in [0.717, 1.165) is 12.0 Å². The number of hydrogen-bond acceptors (Lipinski definition) is 6.